The Morgan fingerprint density at radius 1 is 1.38 bits per heavy atom. The molecule has 1 aliphatic rings. The van der Waals surface area contributed by atoms with Crippen molar-refractivity contribution in [1.29, 1.82) is 0 Å². The van der Waals surface area contributed by atoms with Gasteiger partial charge in [0.25, 0.3) is 0 Å². The van der Waals surface area contributed by atoms with Crippen LogP contribution in [0.25, 0.3) is 0 Å². The Hall–Kier alpha value is -0.750. The molecule has 0 amide bonds. The van der Waals surface area contributed by atoms with E-state index in [2.05, 4.69) is 22.5 Å². The normalized spacial score (nSPS) is 25.1. The molecule has 1 fully saturated rings. The molecule has 0 bridgehead atoms. The maximum Gasteiger partial charge on any atom is 0.147 e. The molecule has 5 nitrogen and oxygen atoms in total. The Morgan fingerprint density at radius 2 is 2.05 bits per heavy atom. The number of hydrogen-bond acceptors (Lipinski definition) is 5. The summed E-state index contributed by atoms with van der Waals surface area (Å²) in [4.78, 5) is 4.39. The van der Waals surface area contributed by atoms with E-state index in [1.807, 2.05) is 6.92 Å². The predicted octanol–water partition coefficient (Wildman–Crippen LogP) is 3.16. The second-order valence-electron chi connectivity index (χ2n) is 5.30. The van der Waals surface area contributed by atoms with Crippen LogP contribution in [-0.2, 0) is 4.74 Å². The number of nitrogens with one attached hydrogen (secondary N) is 2. The first-order chi connectivity index (χ1) is 9.96. The van der Waals surface area contributed by atoms with Gasteiger partial charge >= 0.3 is 0 Å². The van der Waals surface area contributed by atoms with E-state index < -0.39 is 5.60 Å². The van der Waals surface area contributed by atoms with Crippen molar-refractivity contribution in [2.45, 2.75) is 38.4 Å². The van der Waals surface area contributed by atoms with Gasteiger partial charge in [-0.05, 0) is 19.4 Å². The third-order valence-corrected chi connectivity index (χ3v) is 4.27. The molecule has 2 heterocycles. The maximum absolute atomic E-state index is 10.5. The number of aliphatic hydroxyl groups is 1. The molecule has 118 valence electrons. The monoisotopic (exact) mass is 333 g/mol. The van der Waals surface area contributed by atoms with Crippen molar-refractivity contribution >= 4 is 34.8 Å². The highest BCUT2D eigenvalue weighted by molar-refractivity contribution is 6.37. The molecule has 2 atom stereocenters. The lowest BCUT2D eigenvalue weighted by Gasteiger charge is -2.26. The van der Waals surface area contributed by atoms with E-state index in [4.69, 9.17) is 27.9 Å². The van der Waals surface area contributed by atoms with Gasteiger partial charge in [0, 0.05) is 26.1 Å². The zero-order chi connectivity index (χ0) is 15.5. The van der Waals surface area contributed by atoms with E-state index >= 15 is 0 Å². The fourth-order valence-corrected chi connectivity index (χ4v) is 2.69. The van der Waals surface area contributed by atoms with Crippen LogP contribution >= 0.6 is 23.2 Å². The molecule has 0 aromatic carbocycles. The molecule has 1 aliphatic heterocycles. The van der Waals surface area contributed by atoms with E-state index in [1.54, 1.807) is 6.07 Å². The summed E-state index contributed by atoms with van der Waals surface area (Å²) >= 11 is 12.3. The average molecular weight is 334 g/mol. The highest BCUT2D eigenvalue weighted by atomic mass is 35.5. The third kappa shape index (κ3) is 3.92. The maximum atomic E-state index is 10.5. The van der Waals surface area contributed by atoms with Crippen LogP contribution in [0.4, 0.5) is 11.6 Å². The Morgan fingerprint density at radius 3 is 2.62 bits per heavy atom. The summed E-state index contributed by atoms with van der Waals surface area (Å²) in [6.45, 7) is 5.59. The van der Waals surface area contributed by atoms with Gasteiger partial charge in [-0.3, -0.25) is 0 Å². The van der Waals surface area contributed by atoms with Gasteiger partial charge in [-0.15, -0.1) is 0 Å². The quantitative estimate of drug-likeness (QED) is 0.746. The van der Waals surface area contributed by atoms with Crippen LogP contribution in [0.15, 0.2) is 6.07 Å². The molecule has 1 aromatic heterocycles. The summed E-state index contributed by atoms with van der Waals surface area (Å²) in [5.41, 5.74) is -0.901. The minimum Gasteiger partial charge on any atom is -0.385 e. The van der Waals surface area contributed by atoms with Gasteiger partial charge < -0.3 is 20.5 Å². The van der Waals surface area contributed by atoms with E-state index in [1.165, 1.54) is 0 Å². The highest BCUT2D eigenvalue weighted by Gasteiger charge is 2.39. The number of hydrogen-bond donors (Lipinski definition) is 3. The molecule has 2 rings (SSSR count). The number of rotatable bonds is 6. The molecule has 7 heteroatoms. The van der Waals surface area contributed by atoms with Crippen LogP contribution in [0, 0.1) is 0 Å². The van der Waals surface area contributed by atoms with Crippen LogP contribution in [0.1, 0.15) is 26.7 Å². The molecule has 1 saturated heterocycles. The van der Waals surface area contributed by atoms with Crippen molar-refractivity contribution in [2.24, 2.45) is 0 Å². The lowest BCUT2D eigenvalue weighted by Crippen LogP contribution is -2.43. The van der Waals surface area contributed by atoms with Crippen molar-refractivity contribution in [3.8, 4) is 0 Å². The highest BCUT2D eigenvalue weighted by Crippen LogP contribution is 2.31. The number of anilines is 2. The first-order valence-corrected chi connectivity index (χ1v) is 7.89. The molecular weight excluding hydrogens is 313 g/mol. The fourth-order valence-electron chi connectivity index (χ4n) is 2.20. The van der Waals surface area contributed by atoms with Crippen molar-refractivity contribution in [1.82, 2.24) is 4.98 Å². The van der Waals surface area contributed by atoms with Crippen molar-refractivity contribution in [2.75, 3.05) is 30.3 Å². The summed E-state index contributed by atoms with van der Waals surface area (Å²) in [6.07, 6.45) is 1.35. The molecule has 0 spiro atoms. The second-order valence-corrected chi connectivity index (χ2v) is 6.11. The summed E-state index contributed by atoms with van der Waals surface area (Å²) in [5.74, 6) is 1.10. The van der Waals surface area contributed by atoms with Crippen molar-refractivity contribution in [3.63, 3.8) is 0 Å². The zero-order valence-electron chi connectivity index (χ0n) is 12.2. The molecule has 21 heavy (non-hydrogen) atoms. The Bertz CT molecular complexity index is 501. The predicted molar refractivity (Wildman–Crippen MR) is 86.5 cm³/mol. The van der Waals surface area contributed by atoms with Crippen LogP contribution in [0.3, 0.4) is 0 Å². The molecule has 0 radical (unpaired) electrons. The molecular formula is C14H21Cl2N3O2. The largest absolute Gasteiger partial charge is 0.385 e. The zero-order valence-corrected chi connectivity index (χ0v) is 13.8. The lowest BCUT2D eigenvalue weighted by atomic mass is 9.97. The first-order valence-electron chi connectivity index (χ1n) is 7.14. The van der Waals surface area contributed by atoms with E-state index in [0.717, 1.165) is 13.0 Å². The Kier molecular flexibility index (Phi) is 5.54. The minimum absolute atomic E-state index is 0.214. The Labute approximate surface area is 135 Å². The van der Waals surface area contributed by atoms with Gasteiger partial charge in [0.2, 0.25) is 0 Å². The minimum atomic E-state index is -0.901. The summed E-state index contributed by atoms with van der Waals surface area (Å²) in [6, 6.07) is 1.65. The molecule has 3 N–H and O–H groups in total. The Balaban J connectivity index is 2.08. The van der Waals surface area contributed by atoms with Crippen LogP contribution in [-0.4, -0.2) is 41.5 Å². The number of pyridine rings is 1. The summed E-state index contributed by atoms with van der Waals surface area (Å²) in [7, 11) is 0. The van der Waals surface area contributed by atoms with Gasteiger partial charge in [0.05, 0.1) is 16.1 Å². The molecule has 2 unspecified atom stereocenters. The number of ether oxygens (including phenoxy) is 1. The lowest BCUT2D eigenvalue weighted by molar-refractivity contribution is -0.0176. The van der Waals surface area contributed by atoms with E-state index in [0.29, 0.717) is 41.3 Å². The number of aromatic nitrogens is 1. The fraction of sp³-hybridized carbons (Fsp3) is 0.643. The van der Waals surface area contributed by atoms with Gasteiger partial charge in [-0.2, -0.15) is 0 Å². The number of nitrogens with zero attached hydrogens (tertiary/aromatic N) is 1. The standard InChI is InChI=1S/C14H21Cl2N3O2/c1-3-5-17-12-10(15)7-11(16)13(19-12)18-8-14(20)4-6-21-9(14)2/h7,9,20H,3-6,8H2,1-2H3,(H2,17,18,19). The molecule has 0 saturated carbocycles. The van der Waals surface area contributed by atoms with Crippen LogP contribution in [0.2, 0.25) is 10.0 Å². The van der Waals surface area contributed by atoms with Crippen LogP contribution in [0.5, 0.6) is 0 Å². The topological polar surface area (TPSA) is 66.4 Å². The third-order valence-electron chi connectivity index (χ3n) is 3.69. The number of halogens is 2. The van der Waals surface area contributed by atoms with Gasteiger partial charge in [-0.25, -0.2) is 4.98 Å². The summed E-state index contributed by atoms with van der Waals surface area (Å²) < 4.78 is 5.41. The summed E-state index contributed by atoms with van der Waals surface area (Å²) in [5, 5.41) is 17.6. The SMILES string of the molecule is CCCNc1nc(NCC2(O)CCOC2C)c(Cl)cc1Cl. The van der Waals surface area contributed by atoms with Crippen LogP contribution < -0.4 is 10.6 Å². The van der Waals surface area contributed by atoms with E-state index in [-0.39, 0.29) is 6.10 Å². The van der Waals surface area contributed by atoms with Gasteiger partial charge in [0.1, 0.15) is 17.2 Å². The van der Waals surface area contributed by atoms with Crippen molar-refractivity contribution in [3.05, 3.63) is 16.1 Å². The van der Waals surface area contributed by atoms with E-state index in [9.17, 15) is 5.11 Å². The van der Waals surface area contributed by atoms with Gasteiger partial charge in [0.15, 0.2) is 0 Å². The molecule has 0 aliphatic carbocycles. The second kappa shape index (κ2) is 7.01. The van der Waals surface area contributed by atoms with Gasteiger partial charge in [-0.1, -0.05) is 30.1 Å². The average Bonchev–Trinajstić information content (AvgIpc) is 2.77. The smallest absolute Gasteiger partial charge is 0.147 e. The first kappa shape index (κ1) is 16.6. The van der Waals surface area contributed by atoms with Crippen molar-refractivity contribution < 1.29 is 9.84 Å². The molecule has 1 aromatic rings.